The molecule has 0 aromatic carbocycles. The second-order valence-corrected chi connectivity index (χ2v) is 4.82. The van der Waals surface area contributed by atoms with Gasteiger partial charge >= 0.3 is 5.69 Å². The van der Waals surface area contributed by atoms with Crippen molar-refractivity contribution in [3.05, 3.63) is 22.7 Å². The van der Waals surface area contributed by atoms with Crippen molar-refractivity contribution in [3.8, 4) is 0 Å². The molecule has 1 aliphatic heterocycles. The smallest absolute Gasteiger partial charge is 0.350 e. The summed E-state index contributed by atoms with van der Waals surface area (Å²) in [5, 5.41) is 17.8. The van der Waals surface area contributed by atoms with Gasteiger partial charge in [0.2, 0.25) is 0 Å². The molecule has 7 nitrogen and oxygen atoms in total. The van der Waals surface area contributed by atoms with Crippen LogP contribution in [-0.2, 0) is 4.74 Å². The maximum atomic E-state index is 11.6. The summed E-state index contributed by atoms with van der Waals surface area (Å²) >= 11 is 1.27. The topological polar surface area (TPSA) is 111 Å². The number of ether oxygens (including phenoxy) is 1. The van der Waals surface area contributed by atoms with E-state index < -0.39 is 22.6 Å². The molecule has 17 heavy (non-hydrogen) atoms. The maximum Gasteiger partial charge on any atom is 0.350 e. The standard InChI is InChI=1S/C9H13N3O4S/c10-6-1-2-12(9(15)11-6)8-5(3-13)16-7(4-14)17-8/h1-2,5,7-8,13-14H,3-4H2,(H2,10,11,15)/t5-,7-,8-/m0/s1. The van der Waals surface area contributed by atoms with Gasteiger partial charge in [0.15, 0.2) is 0 Å². The lowest BCUT2D eigenvalue weighted by Crippen LogP contribution is -2.32. The molecule has 94 valence electrons. The fourth-order valence-electron chi connectivity index (χ4n) is 1.62. The second kappa shape index (κ2) is 5.05. The van der Waals surface area contributed by atoms with Gasteiger partial charge in [-0.3, -0.25) is 4.57 Å². The lowest BCUT2D eigenvalue weighted by Gasteiger charge is -2.16. The third-order valence-electron chi connectivity index (χ3n) is 2.39. The summed E-state index contributed by atoms with van der Waals surface area (Å²) in [5.74, 6) is 0.148. The number of hydrogen-bond acceptors (Lipinski definition) is 7. The molecule has 4 N–H and O–H groups in total. The zero-order valence-electron chi connectivity index (χ0n) is 8.89. The van der Waals surface area contributed by atoms with Crippen LogP contribution in [0.25, 0.3) is 0 Å². The summed E-state index contributed by atoms with van der Waals surface area (Å²) in [6.07, 6.45) is 0.967. The second-order valence-electron chi connectivity index (χ2n) is 3.54. The first-order valence-corrected chi connectivity index (χ1v) is 5.97. The number of rotatable bonds is 3. The van der Waals surface area contributed by atoms with Crippen molar-refractivity contribution in [1.82, 2.24) is 9.55 Å². The van der Waals surface area contributed by atoms with Crippen LogP contribution in [0.4, 0.5) is 5.82 Å². The van der Waals surface area contributed by atoms with E-state index in [2.05, 4.69) is 4.98 Å². The van der Waals surface area contributed by atoms with Crippen molar-refractivity contribution in [3.63, 3.8) is 0 Å². The number of hydrogen-bond donors (Lipinski definition) is 3. The summed E-state index contributed by atoms with van der Waals surface area (Å²) < 4.78 is 6.70. The Hall–Kier alpha value is -1.09. The Morgan fingerprint density at radius 3 is 2.88 bits per heavy atom. The molecular formula is C9H13N3O4S. The van der Waals surface area contributed by atoms with E-state index >= 15 is 0 Å². The van der Waals surface area contributed by atoms with Crippen molar-refractivity contribution in [2.24, 2.45) is 0 Å². The zero-order valence-corrected chi connectivity index (χ0v) is 9.71. The molecule has 0 bridgehead atoms. The fourth-order valence-corrected chi connectivity index (χ4v) is 2.84. The molecule has 0 saturated carbocycles. The molecule has 1 saturated heterocycles. The number of aromatic nitrogens is 2. The third-order valence-corrected chi connectivity index (χ3v) is 3.76. The van der Waals surface area contributed by atoms with E-state index in [1.54, 1.807) is 0 Å². The average Bonchev–Trinajstić information content (AvgIpc) is 2.72. The van der Waals surface area contributed by atoms with Crippen LogP contribution in [0.15, 0.2) is 17.1 Å². The Bertz CT molecular complexity index is 452. The van der Waals surface area contributed by atoms with Crippen LogP contribution >= 0.6 is 11.8 Å². The van der Waals surface area contributed by atoms with E-state index in [9.17, 15) is 9.90 Å². The Morgan fingerprint density at radius 2 is 2.29 bits per heavy atom. The van der Waals surface area contributed by atoms with E-state index in [0.717, 1.165) is 0 Å². The van der Waals surface area contributed by atoms with Crippen LogP contribution in [0.3, 0.4) is 0 Å². The predicted molar refractivity (Wildman–Crippen MR) is 62.4 cm³/mol. The highest BCUT2D eigenvalue weighted by Gasteiger charge is 2.36. The zero-order chi connectivity index (χ0) is 12.4. The molecule has 0 radical (unpaired) electrons. The van der Waals surface area contributed by atoms with Gasteiger partial charge in [-0.05, 0) is 6.07 Å². The van der Waals surface area contributed by atoms with Gasteiger partial charge in [-0.25, -0.2) is 4.79 Å². The lowest BCUT2D eigenvalue weighted by molar-refractivity contribution is -0.0126. The molecular weight excluding hydrogens is 246 g/mol. The fraction of sp³-hybridized carbons (Fsp3) is 0.556. The van der Waals surface area contributed by atoms with Crippen LogP contribution in [0, 0.1) is 0 Å². The van der Waals surface area contributed by atoms with Gasteiger partial charge in [-0.15, -0.1) is 0 Å². The number of aliphatic hydroxyl groups excluding tert-OH is 2. The average molecular weight is 259 g/mol. The van der Waals surface area contributed by atoms with Gasteiger partial charge in [0.1, 0.15) is 22.7 Å². The molecule has 2 rings (SSSR count). The van der Waals surface area contributed by atoms with Crippen molar-refractivity contribution >= 4 is 17.6 Å². The molecule has 2 heterocycles. The Balaban J connectivity index is 2.29. The van der Waals surface area contributed by atoms with Crippen molar-refractivity contribution in [1.29, 1.82) is 0 Å². The molecule has 1 aliphatic rings. The third kappa shape index (κ3) is 2.44. The number of nitrogens with zero attached hydrogens (tertiary/aromatic N) is 2. The SMILES string of the molecule is Nc1ccn([C@H]2S[C@@H](CO)O[C@H]2CO)c(=O)n1. The van der Waals surface area contributed by atoms with Crippen LogP contribution < -0.4 is 11.4 Å². The highest BCUT2D eigenvalue weighted by Crippen LogP contribution is 2.39. The minimum atomic E-state index is -0.541. The first kappa shape index (κ1) is 12.4. The Morgan fingerprint density at radius 1 is 1.53 bits per heavy atom. The summed E-state index contributed by atoms with van der Waals surface area (Å²) in [6.45, 7) is -0.403. The number of thioether (sulfide) groups is 1. The summed E-state index contributed by atoms with van der Waals surface area (Å²) in [7, 11) is 0. The lowest BCUT2D eigenvalue weighted by atomic mass is 10.3. The molecule has 0 amide bonds. The number of nitrogens with two attached hydrogens (primary N) is 1. The first-order chi connectivity index (χ1) is 8.15. The molecule has 1 aromatic heterocycles. The van der Waals surface area contributed by atoms with Crippen molar-refractivity contribution in [2.75, 3.05) is 18.9 Å². The van der Waals surface area contributed by atoms with Crippen LogP contribution in [0.2, 0.25) is 0 Å². The van der Waals surface area contributed by atoms with Crippen LogP contribution in [-0.4, -0.2) is 44.5 Å². The quantitative estimate of drug-likeness (QED) is 0.623. The summed E-state index contributed by atoms with van der Waals surface area (Å²) in [6, 6.07) is 1.50. The predicted octanol–water partition coefficient (Wildman–Crippen LogP) is -1.23. The van der Waals surface area contributed by atoms with Crippen molar-refractivity contribution < 1.29 is 14.9 Å². The molecule has 3 atom stereocenters. The normalized spacial score (nSPS) is 28.5. The number of anilines is 1. The van der Waals surface area contributed by atoms with Crippen molar-refractivity contribution in [2.45, 2.75) is 16.9 Å². The monoisotopic (exact) mass is 259 g/mol. The maximum absolute atomic E-state index is 11.6. The van der Waals surface area contributed by atoms with Gasteiger partial charge in [0.25, 0.3) is 0 Å². The minimum absolute atomic E-state index is 0.148. The van der Waals surface area contributed by atoms with E-state index in [0.29, 0.717) is 0 Å². The highest BCUT2D eigenvalue weighted by atomic mass is 32.2. The summed E-state index contributed by atoms with van der Waals surface area (Å²) in [5.41, 5.74) is 4.45. The molecule has 1 aromatic rings. The van der Waals surface area contributed by atoms with E-state index in [1.807, 2.05) is 0 Å². The van der Waals surface area contributed by atoms with E-state index in [1.165, 1.54) is 28.6 Å². The van der Waals surface area contributed by atoms with E-state index in [-0.39, 0.29) is 19.0 Å². The molecule has 0 unspecified atom stereocenters. The Labute approximate surface area is 101 Å². The largest absolute Gasteiger partial charge is 0.394 e. The van der Waals surface area contributed by atoms with Gasteiger partial charge in [0, 0.05) is 6.20 Å². The van der Waals surface area contributed by atoms with Crippen LogP contribution in [0.1, 0.15) is 5.37 Å². The molecule has 8 heteroatoms. The van der Waals surface area contributed by atoms with Gasteiger partial charge in [-0.1, -0.05) is 11.8 Å². The first-order valence-electron chi connectivity index (χ1n) is 5.03. The van der Waals surface area contributed by atoms with Crippen LogP contribution in [0.5, 0.6) is 0 Å². The number of aliphatic hydroxyl groups is 2. The van der Waals surface area contributed by atoms with Gasteiger partial charge in [0.05, 0.1) is 13.2 Å². The minimum Gasteiger partial charge on any atom is -0.394 e. The summed E-state index contributed by atoms with van der Waals surface area (Å²) in [4.78, 5) is 15.3. The molecule has 0 aliphatic carbocycles. The highest BCUT2D eigenvalue weighted by molar-refractivity contribution is 8.00. The molecule has 1 fully saturated rings. The number of nitrogen functional groups attached to an aromatic ring is 1. The van der Waals surface area contributed by atoms with Gasteiger partial charge < -0.3 is 20.7 Å². The van der Waals surface area contributed by atoms with E-state index in [4.69, 9.17) is 15.6 Å². The van der Waals surface area contributed by atoms with Gasteiger partial charge in [-0.2, -0.15) is 4.98 Å². The molecule has 0 spiro atoms. The Kier molecular flexibility index (Phi) is 3.67.